The molecular weight excluding hydrogens is 434 g/mol. The molecule has 2 aliphatic carbocycles. The minimum atomic E-state index is -0.311. The van der Waals surface area contributed by atoms with E-state index < -0.39 is 0 Å². The maximum Gasteiger partial charge on any atom is 0.226 e. The minimum Gasteiger partial charge on any atom is -0.389 e. The molecule has 1 fully saturated rings. The summed E-state index contributed by atoms with van der Waals surface area (Å²) in [4.78, 5) is 12.9. The lowest BCUT2D eigenvalue weighted by Gasteiger charge is -2.39. The number of nitriles is 1. The van der Waals surface area contributed by atoms with Crippen molar-refractivity contribution in [3.05, 3.63) is 39.6 Å². The molecular formula is C24H27N7OS. The van der Waals surface area contributed by atoms with Crippen LogP contribution in [-0.4, -0.2) is 40.8 Å². The lowest BCUT2D eigenvalue weighted by Crippen LogP contribution is -2.50. The van der Waals surface area contributed by atoms with Gasteiger partial charge in [0.1, 0.15) is 16.8 Å². The normalized spacial score (nSPS) is 24.4. The molecule has 3 aromatic rings. The van der Waals surface area contributed by atoms with Gasteiger partial charge >= 0.3 is 0 Å². The number of nitrogen functional groups attached to an aromatic ring is 1. The maximum atomic E-state index is 9.89. The van der Waals surface area contributed by atoms with E-state index in [1.54, 1.807) is 11.3 Å². The molecule has 0 saturated carbocycles. The molecule has 2 atom stereocenters. The van der Waals surface area contributed by atoms with Gasteiger partial charge in [-0.25, -0.2) is 9.97 Å². The molecule has 1 saturated heterocycles. The summed E-state index contributed by atoms with van der Waals surface area (Å²) < 4.78 is 6.13. The van der Waals surface area contributed by atoms with Gasteiger partial charge < -0.3 is 20.5 Å². The number of rotatable bonds is 2. The summed E-state index contributed by atoms with van der Waals surface area (Å²) in [5.74, 6) is 1.65. The third-order valence-electron chi connectivity index (χ3n) is 7.50. The highest BCUT2D eigenvalue weighted by Gasteiger charge is 2.48. The highest BCUT2D eigenvalue weighted by molar-refractivity contribution is 7.16. The van der Waals surface area contributed by atoms with Crippen LogP contribution in [0.15, 0.2) is 16.8 Å². The van der Waals surface area contributed by atoms with Gasteiger partial charge in [0, 0.05) is 42.3 Å². The van der Waals surface area contributed by atoms with E-state index in [1.165, 1.54) is 4.88 Å². The number of nitrogens with one attached hydrogen (secondary N) is 1. The molecule has 3 aromatic heterocycles. The van der Waals surface area contributed by atoms with Crippen LogP contribution in [0.5, 0.6) is 0 Å². The molecule has 33 heavy (non-hydrogen) atoms. The van der Waals surface area contributed by atoms with Crippen molar-refractivity contribution >= 4 is 22.3 Å². The van der Waals surface area contributed by atoms with Crippen molar-refractivity contribution in [3.63, 3.8) is 0 Å². The quantitative estimate of drug-likeness (QED) is 0.596. The predicted octanol–water partition coefficient (Wildman–Crippen LogP) is 3.40. The number of piperazine rings is 1. The van der Waals surface area contributed by atoms with E-state index in [9.17, 15) is 5.26 Å². The number of nitrogens with two attached hydrogens (primary N) is 1. The van der Waals surface area contributed by atoms with E-state index in [-0.39, 0.29) is 5.41 Å². The van der Waals surface area contributed by atoms with Crippen LogP contribution >= 0.6 is 11.3 Å². The van der Waals surface area contributed by atoms with Crippen molar-refractivity contribution in [2.24, 2.45) is 0 Å². The molecule has 9 heteroatoms. The summed E-state index contributed by atoms with van der Waals surface area (Å²) in [6, 6.07) is 4.64. The third kappa shape index (κ3) is 3.08. The highest BCUT2D eigenvalue weighted by Crippen LogP contribution is 2.55. The Labute approximate surface area is 196 Å². The number of nitrogens with zero attached hydrogens (tertiary/aromatic N) is 5. The van der Waals surface area contributed by atoms with Crippen molar-refractivity contribution in [2.45, 2.75) is 56.9 Å². The Balaban J connectivity index is 1.45. The van der Waals surface area contributed by atoms with Gasteiger partial charge in [-0.3, -0.25) is 0 Å². The minimum absolute atomic E-state index is 0.311. The van der Waals surface area contributed by atoms with E-state index in [4.69, 9.17) is 15.2 Å². The number of fused-ring (bicyclic) bond motifs is 4. The van der Waals surface area contributed by atoms with Crippen LogP contribution in [0.1, 0.15) is 59.9 Å². The Kier molecular flexibility index (Phi) is 4.89. The van der Waals surface area contributed by atoms with Gasteiger partial charge in [-0.1, -0.05) is 5.16 Å². The largest absolute Gasteiger partial charge is 0.389 e. The van der Waals surface area contributed by atoms with Crippen molar-refractivity contribution in [1.29, 1.82) is 5.26 Å². The Bertz CT molecular complexity index is 1250. The van der Waals surface area contributed by atoms with Crippen LogP contribution in [0.25, 0.3) is 11.4 Å². The zero-order chi connectivity index (χ0) is 22.6. The van der Waals surface area contributed by atoms with Gasteiger partial charge in [-0.05, 0) is 57.1 Å². The second kappa shape index (κ2) is 7.82. The van der Waals surface area contributed by atoms with Crippen molar-refractivity contribution in [3.8, 4) is 17.5 Å². The van der Waals surface area contributed by atoms with E-state index in [2.05, 4.69) is 33.4 Å². The Hall–Kier alpha value is -2.96. The average Bonchev–Trinajstić information content (AvgIpc) is 3.41. The number of thiophene rings is 1. The molecule has 8 nitrogen and oxygen atoms in total. The second-order valence-corrected chi connectivity index (χ2v) is 10.5. The van der Waals surface area contributed by atoms with E-state index in [1.807, 2.05) is 12.3 Å². The smallest absolute Gasteiger partial charge is 0.226 e. The average molecular weight is 462 g/mol. The number of hydrogen-bond acceptors (Lipinski definition) is 9. The fourth-order valence-electron chi connectivity index (χ4n) is 6.00. The molecule has 3 aliphatic rings. The molecule has 6 rings (SSSR count). The Morgan fingerprint density at radius 2 is 2.18 bits per heavy atom. The van der Waals surface area contributed by atoms with Crippen molar-refractivity contribution in [2.75, 3.05) is 30.3 Å². The lowest BCUT2D eigenvalue weighted by atomic mass is 9.63. The van der Waals surface area contributed by atoms with Crippen molar-refractivity contribution < 1.29 is 4.52 Å². The molecule has 4 heterocycles. The molecule has 3 N–H and O–H groups in total. The number of anilines is 2. The SMILES string of the molecule is CC1CNCCN1c1nccc(-c2noc3c2CCCC32CCCc3sc(N)c(C#N)c32)n1. The van der Waals surface area contributed by atoms with Crippen LogP contribution in [-0.2, 0) is 18.3 Å². The molecule has 0 amide bonds. The molecule has 0 aromatic carbocycles. The first-order valence-electron chi connectivity index (χ1n) is 11.7. The Morgan fingerprint density at radius 1 is 1.33 bits per heavy atom. The van der Waals surface area contributed by atoms with Gasteiger partial charge in [0.2, 0.25) is 5.95 Å². The summed E-state index contributed by atoms with van der Waals surface area (Å²) in [6.45, 7) is 4.91. The van der Waals surface area contributed by atoms with Gasteiger partial charge in [0.25, 0.3) is 0 Å². The summed E-state index contributed by atoms with van der Waals surface area (Å²) in [5, 5.41) is 18.5. The van der Waals surface area contributed by atoms with E-state index in [0.717, 1.165) is 92.4 Å². The first-order valence-corrected chi connectivity index (χ1v) is 12.6. The maximum absolute atomic E-state index is 9.89. The molecule has 0 bridgehead atoms. The van der Waals surface area contributed by atoms with Gasteiger partial charge in [0.15, 0.2) is 5.76 Å². The monoisotopic (exact) mass is 461 g/mol. The number of aryl methyl sites for hydroxylation is 1. The second-order valence-electron chi connectivity index (χ2n) is 9.37. The third-order valence-corrected chi connectivity index (χ3v) is 8.58. The van der Waals surface area contributed by atoms with Crippen molar-refractivity contribution in [1.82, 2.24) is 20.4 Å². The van der Waals surface area contributed by atoms with Crippen LogP contribution in [0, 0.1) is 11.3 Å². The van der Waals surface area contributed by atoms with Crippen LogP contribution < -0.4 is 16.0 Å². The molecule has 0 radical (unpaired) electrons. The van der Waals surface area contributed by atoms with Gasteiger partial charge in [0.05, 0.1) is 16.7 Å². The number of hydrogen-bond donors (Lipinski definition) is 2. The van der Waals surface area contributed by atoms with Crippen LogP contribution in [0.3, 0.4) is 0 Å². The van der Waals surface area contributed by atoms with E-state index >= 15 is 0 Å². The summed E-state index contributed by atoms with van der Waals surface area (Å²) in [6.07, 6.45) is 7.69. The predicted molar refractivity (Wildman–Crippen MR) is 127 cm³/mol. The lowest BCUT2D eigenvalue weighted by molar-refractivity contribution is 0.265. The summed E-state index contributed by atoms with van der Waals surface area (Å²) in [5.41, 5.74) is 10.4. The highest BCUT2D eigenvalue weighted by atomic mass is 32.1. The zero-order valence-electron chi connectivity index (χ0n) is 18.7. The summed E-state index contributed by atoms with van der Waals surface area (Å²) >= 11 is 1.57. The van der Waals surface area contributed by atoms with E-state index in [0.29, 0.717) is 16.6 Å². The standard InChI is InChI=1S/C24H27N7OS/c1-14-13-27-10-11-31(14)23-28-9-6-17(29-23)20-15-4-2-7-24(21(15)32-30-20)8-3-5-18-19(24)16(12-25)22(26)33-18/h6,9,14,27H,2-5,7-8,10-11,13,26H2,1H3. The first-order chi connectivity index (χ1) is 16.1. The van der Waals surface area contributed by atoms with Gasteiger partial charge in [-0.2, -0.15) is 5.26 Å². The molecule has 2 unspecified atom stereocenters. The van der Waals surface area contributed by atoms with Crippen LogP contribution in [0.2, 0.25) is 0 Å². The molecule has 170 valence electrons. The molecule has 1 spiro atoms. The zero-order valence-corrected chi connectivity index (χ0v) is 19.5. The van der Waals surface area contributed by atoms with Gasteiger partial charge in [-0.15, -0.1) is 11.3 Å². The first kappa shape index (κ1) is 20.6. The fraction of sp³-hybridized carbons (Fsp3) is 0.500. The number of aromatic nitrogens is 3. The Morgan fingerprint density at radius 3 is 3.00 bits per heavy atom. The topological polar surface area (TPSA) is 117 Å². The molecule has 1 aliphatic heterocycles. The summed E-state index contributed by atoms with van der Waals surface area (Å²) in [7, 11) is 0. The fourth-order valence-corrected chi connectivity index (χ4v) is 7.16. The van der Waals surface area contributed by atoms with Crippen LogP contribution in [0.4, 0.5) is 10.9 Å².